The van der Waals surface area contributed by atoms with Crippen molar-refractivity contribution in [1.29, 1.82) is 0 Å². The molecular formula is C22H18F2N2O3S. The molecule has 1 unspecified atom stereocenters. The first-order chi connectivity index (χ1) is 14.3. The fourth-order valence-electron chi connectivity index (χ4n) is 3.36. The molecule has 0 aliphatic heterocycles. The van der Waals surface area contributed by atoms with Crippen LogP contribution in [-0.4, -0.2) is 23.1 Å². The Bertz CT molecular complexity index is 1300. The predicted molar refractivity (Wildman–Crippen MR) is 108 cm³/mol. The summed E-state index contributed by atoms with van der Waals surface area (Å²) in [6.45, 7) is -0.136. The molecule has 1 atom stereocenters. The average Bonchev–Trinajstić information content (AvgIpc) is 3.05. The zero-order chi connectivity index (χ0) is 21.3. The van der Waals surface area contributed by atoms with Crippen molar-refractivity contribution < 1.29 is 22.3 Å². The first-order valence-corrected chi connectivity index (χ1v) is 10.9. The van der Waals surface area contributed by atoms with Gasteiger partial charge in [-0.1, -0.05) is 36.4 Å². The van der Waals surface area contributed by atoms with Crippen molar-refractivity contribution in [3.8, 4) is 0 Å². The first-order valence-electron chi connectivity index (χ1n) is 9.20. The standard InChI is InChI=1S/C22H18F2N2O3S/c23-15-10-11-17(18(24)12-15)21(27)13-26-20-9-5-4-8-19(20)25-22(26)14-30(28,29)16-6-2-1-3-7-16/h1-12,21,27H,13-14H2. The maximum atomic E-state index is 14.1. The second kappa shape index (κ2) is 7.97. The zero-order valence-electron chi connectivity index (χ0n) is 15.7. The third-order valence-corrected chi connectivity index (χ3v) is 6.46. The van der Waals surface area contributed by atoms with Crippen LogP contribution in [0.4, 0.5) is 8.78 Å². The third-order valence-electron chi connectivity index (χ3n) is 4.83. The van der Waals surface area contributed by atoms with Crippen LogP contribution in [0.1, 0.15) is 17.5 Å². The molecule has 0 aliphatic carbocycles. The highest BCUT2D eigenvalue weighted by Crippen LogP contribution is 2.25. The van der Waals surface area contributed by atoms with Crippen molar-refractivity contribution >= 4 is 20.9 Å². The molecule has 8 heteroatoms. The van der Waals surface area contributed by atoms with E-state index >= 15 is 0 Å². The van der Waals surface area contributed by atoms with Gasteiger partial charge in [0.2, 0.25) is 0 Å². The van der Waals surface area contributed by atoms with Crippen molar-refractivity contribution in [2.24, 2.45) is 0 Å². The summed E-state index contributed by atoms with van der Waals surface area (Å²) in [4.78, 5) is 4.59. The number of imidazole rings is 1. The van der Waals surface area contributed by atoms with Gasteiger partial charge in [0, 0.05) is 11.6 Å². The highest BCUT2D eigenvalue weighted by atomic mass is 32.2. The lowest BCUT2D eigenvalue weighted by Gasteiger charge is -2.16. The van der Waals surface area contributed by atoms with E-state index in [1.807, 2.05) is 0 Å². The Morgan fingerprint density at radius 2 is 1.67 bits per heavy atom. The lowest BCUT2D eigenvalue weighted by atomic mass is 10.1. The van der Waals surface area contributed by atoms with E-state index in [0.29, 0.717) is 17.1 Å². The number of aliphatic hydroxyl groups excluding tert-OH is 1. The van der Waals surface area contributed by atoms with E-state index < -0.39 is 27.6 Å². The van der Waals surface area contributed by atoms with E-state index in [1.165, 1.54) is 18.2 Å². The number of sulfone groups is 1. The van der Waals surface area contributed by atoms with Gasteiger partial charge in [0.25, 0.3) is 0 Å². The molecular weight excluding hydrogens is 410 g/mol. The number of halogens is 2. The molecule has 4 rings (SSSR count). The van der Waals surface area contributed by atoms with Crippen molar-refractivity contribution in [2.75, 3.05) is 0 Å². The van der Waals surface area contributed by atoms with Crippen LogP contribution in [0.15, 0.2) is 77.7 Å². The molecule has 4 aromatic rings. The number of nitrogens with zero attached hydrogens (tertiary/aromatic N) is 2. The highest BCUT2D eigenvalue weighted by Gasteiger charge is 2.23. The Balaban J connectivity index is 1.74. The van der Waals surface area contributed by atoms with Crippen LogP contribution < -0.4 is 0 Å². The highest BCUT2D eigenvalue weighted by molar-refractivity contribution is 7.90. The summed E-state index contributed by atoms with van der Waals surface area (Å²) >= 11 is 0. The van der Waals surface area contributed by atoms with E-state index in [2.05, 4.69) is 4.98 Å². The number of aromatic nitrogens is 2. The predicted octanol–water partition coefficient (Wildman–Crippen LogP) is 4.02. The summed E-state index contributed by atoms with van der Waals surface area (Å²) in [5, 5.41) is 10.6. The summed E-state index contributed by atoms with van der Waals surface area (Å²) in [6, 6.07) is 18.0. The molecule has 30 heavy (non-hydrogen) atoms. The molecule has 0 radical (unpaired) electrons. The average molecular weight is 428 g/mol. The van der Waals surface area contributed by atoms with Crippen LogP contribution in [0.3, 0.4) is 0 Å². The zero-order valence-corrected chi connectivity index (χ0v) is 16.6. The normalized spacial score (nSPS) is 12.9. The number of hydrogen-bond donors (Lipinski definition) is 1. The largest absolute Gasteiger partial charge is 0.386 e. The second-order valence-corrected chi connectivity index (χ2v) is 8.87. The van der Waals surface area contributed by atoms with Crippen molar-refractivity contribution in [3.05, 3.63) is 95.8 Å². The van der Waals surface area contributed by atoms with Gasteiger partial charge in [0.15, 0.2) is 9.84 Å². The van der Waals surface area contributed by atoms with E-state index in [0.717, 1.165) is 6.07 Å². The summed E-state index contributed by atoms with van der Waals surface area (Å²) in [7, 11) is -3.69. The van der Waals surface area contributed by atoms with Crippen LogP contribution in [0.5, 0.6) is 0 Å². The van der Waals surface area contributed by atoms with E-state index in [4.69, 9.17) is 0 Å². The molecule has 5 nitrogen and oxygen atoms in total. The fraction of sp³-hybridized carbons (Fsp3) is 0.136. The lowest BCUT2D eigenvalue weighted by molar-refractivity contribution is 0.152. The summed E-state index contributed by atoms with van der Waals surface area (Å²) in [5.74, 6) is -1.78. The molecule has 0 spiro atoms. The van der Waals surface area contributed by atoms with E-state index in [1.54, 1.807) is 47.0 Å². The molecule has 0 saturated carbocycles. The summed E-state index contributed by atoms with van der Waals surface area (Å²) < 4.78 is 54.6. The maximum Gasteiger partial charge on any atom is 0.185 e. The van der Waals surface area contributed by atoms with Crippen LogP contribution in [0.2, 0.25) is 0 Å². The quantitative estimate of drug-likeness (QED) is 0.504. The molecule has 1 heterocycles. The van der Waals surface area contributed by atoms with Crippen LogP contribution in [0, 0.1) is 11.6 Å². The monoisotopic (exact) mass is 428 g/mol. The summed E-state index contributed by atoms with van der Waals surface area (Å²) in [6.07, 6.45) is -1.32. The topological polar surface area (TPSA) is 72.2 Å². The number of rotatable bonds is 6. The molecule has 3 aromatic carbocycles. The third kappa shape index (κ3) is 3.96. The first kappa shape index (κ1) is 20.2. The maximum absolute atomic E-state index is 14.1. The van der Waals surface area contributed by atoms with Gasteiger partial charge in [-0.3, -0.25) is 0 Å². The molecule has 154 valence electrons. The van der Waals surface area contributed by atoms with Gasteiger partial charge in [0.1, 0.15) is 23.2 Å². The summed E-state index contributed by atoms with van der Waals surface area (Å²) in [5.41, 5.74) is 1.09. The second-order valence-electron chi connectivity index (χ2n) is 6.88. The molecule has 1 N–H and O–H groups in total. The number of fused-ring (bicyclic) bond motifs is 1. The van der Waals surface area contributed by atoms with Gasteiger partial charge in [-0.15, -0.1) is 0 Å². The number of para-hydroxylation sites is 2. The molecule has 0 bridgehead atoms. The Morgan fingerprint density at radius 1 is 0.967 bits per heavy atom. The van der Waals surface area contributed by atoms with Crippen molar-refractivity contribution in [1.82, 2.24) is 9.55 Å². The van der Waals surface area contributed by atoms with Gasteiger partial charge < -0.3 is 9.67 Å². The SMILES string of the molecule is O=S(=O)(Cc1nc2ccccc2n1CC(O)c1ccc(F)cc1F)c1ccccc1. The fourth-order valence-corrected chi connectivity index (χ4v) is 4.66. The minimum atomic E-state index is -3.69. The van der Waals surface area contributed by atoms with Gasteiger partial charge in [-0.05, 0) is 30.3 Å². The minimum Gasteiger partial charge on any atom is -0.386 e. The number of benzene rings is 3. The molecule has 0 amide bonds. The van der Waals surface area contributed by atoms with Gasteiger partial charge in [-0.25, -0.2) is 22.2 Å². The van der Waals surface area contributed by atoms with Gasteiger partial charge >= 0.3 is 0 Å². The van der Waals surface area contributed by atoms with E-state index in [-0.39, 0.29) is 28.6 Å². The molecule has 0 aliphatic rings. The smallest absolute Gasteiger partial charge is 0.185 e. The van der Waals surface area contributed by atoms with Crippen LogP contribution in [-0.2, 0) is 22.1 Å². The molecule has 0 saturated heterocycles. The lowest BCUT2D eigenvalue weighted by Crippen LogP contribution is -2.16. The van der Waals surface area contributed by atoms with Crippen molar-refractivity contribution in [2.45, 2.75) is 23.3 Å². The Hall–Kier alpha value is -3.10. The Kier molecular flexibility index (Phi) is 5.36. The Labute approximate surface area is 172 Å². The minimum absolute atomic E-state index is 0.0777. The number of hydrogen-bond acceptors (Lipinski definition) is 4. The van der Waals surface area contributed by atoms with Crippen LogP contribution in [0.25, 0.3) is 11.0 Å². The van der Waals surface area contributed by atoms with Gasteiger partial charge in [0.05, 0.1) is 28.6 Å². The van der Waals surface area contributed by atoms with E-state index in [9.17, 15) is 22.3 Å². The van der Waals surface area contributed by atoms with Gasteiger partial charge in [-0.2, -0.15) is 0 Å². The number of aliphatic hydroxyl groups is 1. The molecule has 1 aromatic heterocycles. The van der Waals surface area contributed by atoms with Crippen LogP contribution >= 0.6 is 0 Å². The molecule has 0 fully saturated rings. The van der Waals surface area contributed by atoms with Crippen molar-refractivity contribution in [3.63, 3.8) is 0 Å². The Morgan fingerprint density at radius 3 is 2.40 bits per heavy atom.